The minimum Gasteiger partial charge on any atom is -0.444 e. The molecule has 7 nitrogen and oxygen atoms in total. The fourth-order valence-corrected chi connectivity index (χ4v) is 4.42. The Morgan fingerprint density at radius 2 is 1.81 bits per heavy atom. The SMILES string of the molecule is CC(C)(C)OC(=O)N1C[C@H](N)[C@@H](N2CCC(N3CCCCC3=O)CC2)C1. The summed E-state index contributed by atoms with van der Waals surface area (Å²) in [6, 6.07) is 0.509. The topological polar surface area (TPSA) is 79.1 Å². The van der Waals surface area contributed by atoms with Gasteiger partial charge in [0, 0.05) is 57.3 Å². The summed E-state index contributed by atoms with van der Waals surface area (Å²) >= 11 is 0. The van der Waals surface area contributed by atoms with Crippen molar-refractivity contribution >= 4 is 12.0 Å². The molecule has 26 heavy (non-hydrogen) atoms. The Labute approximate surface area is 156 Å². The highest BCUT2D eigenvalue weighted by Crippen LogP contribution is 2.25. The van der Waals surface area contributed by atoms with Crippen LogP contribution in [0, 0.1) is 0 Å². The van der Waals surface area contributed by atoms with Gasteiger partial charge in [0.15, 0.2) is 0 Å². The number of rotatable bonds is 2. The molecule has 3 fully saturated rings. The van der Waals surface area contributed by atoms with Crippen molar-refractivity contribution in [2.75, 3.05) is 32.7 Å². The summed E-state index contributed by atoms with van der Waals surface area (Å²) in [5, 5.41) is 0. The largest absolute Gasteiger partial charge is 0.444 e. The highest BCUT2D eigenvalue weighted by atomic mass is 16.6. The quantitative estimate of drug-likeness (QED) is 0.799. The Kier molecular flexibility index (Phi) is 5.77. The van der Waals surface area contributed by atoms with E-state index in [1.165, 1.54) is 0 Å². The predicted octanol–water partition coefficient (Wildman–Crippen LogP) is 1.41. The number of amides is 2. The minimum absolute atomic E-state index is 0.0457. The third-order valence-electron chi connectivity index (χ3n) is 5.75. The highest BCUT2D eigenvalue weighted by Gasteiger charge is 2.40. The number of nitrogens with two attached hydrogens (primary N) is 1. The van der Waals surface area contributed by atoms with Crippen LogP contribution in [-0.4, -0.2) is 83.2 Å². The molecular formula is C19H34N4O3. The molecule has 2 atom stereocenters. The summed E-state index contributed by atoms with van der Waals surface area (Å²) in [5.41, 5.74) is 5.86. The summed E-state index contributed by atoms with van der Waals surface area (Å²) in [5.74, 6) is 0.323. The standard InChI is InChI=1S/C19H34N4O3/c1-19(2,3)26-18(25)22-12-15(20)16(13-22)21-10-7-14(8-11-21)23-9-5-4-6-17(23)24/h14-16H,4-13,20H2,1-3H3/t15-,16-/m0/s1. The molecule has 0 radical (unpaired) electrons. The summed E-state index contributed by atoms with van der Waals surface area (Å²) in [4.78, 5) is 30.7. The van der Waals surface area contributed by atoms with Gasteiger partial charge in [-0.1, -0.05) is 0 Å². The molecule has 0 bridgehead atoms. The van der Waals surface area contributed by atoms with E-state index in [1.807, 2.05) is 20.8 Å². The number of piperidine rings is 2. The number of carbonyl (C=O) groups excluding carboxylic acids is 2. The summed E-state index contributed by atoms with van der Waals surface area (Å²) < 4.78 is 5.48. The monoisotopic (exact) mass is 366 g/mol. The first-order valence-corrected chi connectivity index (χ1v) is 10.0. The summed E-state index contributed by atoms with van der Waals surface area (Å²) in [7, 11) is 0. The molecule has 3 saturated heterocycles. The zero-order valence-corrected chi connectivity index (χ0v) is 16.4. The van der Waals surface area contributed by atoms with E-state index < -0.39 is 5.60 Å². The maximum atomic E-state index is 12.3. The molecule has 0 aromatic heterocycles. The van der Waals surface area contributed by atoms with Crippen molar-refractivity contribution in [1.29, 1.82) is 0 Å². The van der Waals surface area contributed by atoms with E-state index in [9.17, 15) is 9.59 Å². The zero-order valence-electron chi connectivity index (χ0n) is 16.4. The molecule has 3 rings (SSSR count). The van der Waals surface area contributed by atoms with Crippen molar-refractivity contribution < 1.29 is 14.3 Å². The molecule has 3 aliphatic rings. The third-order valence-corrected chi connectivity index (χ3v) is 5.75. The molecule has 148 valence electrons. The smallest absolute Gasteiger partial charge is 0.410 e. The van der Waals surface area contributed by atoms with Gasteiger partial charge < -0.3 is 20.3 Å². The first kappa shape index (κ1) is 19.4. The van der Waals surface area contributed by atoms with Crippen LogP contribution in [0.15, 0.2) is 0 Å². The fraction of sp³-hybridized carbons (Fsp3) is 0.895. The van der Waals surface area contributed by atoms with E-state index >= 15 is 0 Å². The molecule has 0 aromatic carbocycles. The molecule has 7 heteroatoms. The van der Waals surface area contributed by atoms with Crippen molar-refractivity contribution in [3.8, 4) is 0 Å². The molecule has 0 saturated carbocycles. The van der Waals surface area contributed by atoms with Gasteiger partial charge >= 0.3 is 6.09 Å². The lowest BCUT2D eigenvalue weighted by Crippen LogP contribution is -2.54. The first-order chi connectivity index (χ1) is 12.2. The van der Waals surface area contributed by atoms with Crippen LogP contribution in [0.2, 0.25) is 0 Å². The lowest BCUT2D eigenvalue weighted by Gasteiger charge is -2.42. The van der Waals surface area contributed by atoms with Gasteiger partial charge in [0.25, 0.3) is 0 Å². The van der Waals surface area contributed by atoms with Crippen LogP contribution in [0.25, 0.3) is 0 Å². The average molecular weight is 367 g/mol. The van der Waals surface area contributed by atoms with Crippen molar-refractivity contribution in [1.82, 2.24) is 14.7 Å². The second kappa shape index (κ2) is 7.72. The zero-order chi connectivity index (χ0) is 18.9. The highest BCUT2D eigenvalue weighted by molar-refractivity contribution is 5.77. The predicted molar refractivity (Wildman–Crippen MR) is 99.7 cm³/mol. The third kappa shape index (κ3) is 4.49. The van der Waals surface area contributed by atoms with Crippen molar-refractivity contribution in [2.24, 2.45) is 5.73 Å². The molecule has 0 spiro atoms. The Morgan fingerprint density at radius 1 is 1.12 bits per heavy atom. The van der Waals surface area contributed by atoms with E-state index in [0.717, 1.165) is 45.3 Å². The van der Waals surface area contributed by atoms with E-state index in [1.54, 1.807) is 4.90 Å². The molecule has 2 N–H and O–H groups in total. The Morgan fingerprint density at radius 3 is 2.42 bits per heavy atom. The van der Waals surface area contributed by atoms with E-state index in [2.05, 4.69) is 9.80 Å². The van der Waals surface area contributed by atoms with Gasteiger partial charge in [-0.2, -0.15) is 0 Å². The fourth-order valence-electron chi connectivity index (χ4n) is 4.42. The van der Waals surface area contributed by atoms with Crippen LogP contribution >= 0.6 is 0 Å². The van der Waals surface area contributed by atoms with Gasteiger partial charge in [-0.05, 0) is 46.5 Å². The van der Waals surface area contributed by atoms with Crippen LogP contribution in [0.3, 0.4) is 0 Å². The van der Waals surface area contributed by atoms with E-state index in [-0.39, 0.29) is 18.2 Å². The number of hydrogen-bond donors (Lipinski definition) is 1. The normalized spacial score (nSPS) is 29.3. The Hall–Kier alpha value is -1.34. The summed E-state index contributed by atoms with van der Waals surface area (Å²) in [6.45, 7) is 9.61. The van der Waals surface area contributed by atoms with Gasteiger partial charge in [0.05, 0.1) is 0 Å². The van der Waals surface area contributed by atoms with Gasteiger partial charge in [-0.3, -0.25) is 9.69 Å². The number of carbonyl (C=O) groups is 2. The lowest BCUT2D eigenvalue weighted by atomic mass is 9.97. The van der Waals surface area contributed by atoms with E-state index in [4.69, 9.17) is 10.5 Å². The maximum absolute atomic E-state index is 12.3. The minimum atomic E-state index is -0.488. The van der Waals surface area contributed by atoms with E-state index in [0.29, 0.717) is 31.5 Å². The molecule has 3 heterocycles. The van der Waals surface area contributed by atoms with Crippen molar-refractivity contribution in [3.05, 3.63) is 0 Å². The molecule has 3 aliphatic heterocycles. The van der Waals surface area contributed by atoms with Gasteiger partial charge in [0.2, 0.25) is 5.91 Å². The van der Waals surface area contributed by atoms with Crippen molar-refractivity contribution in [2.45, 2.75) is 76.6 Å². The molecule has 0 aromatic rings. The number of hydrogen-bond acceptors (Lipinski definition) is 5. The van der Waals surface area contributed by atoms with Gasteiger partial charge in [-0.25, -0.2) is 4.79 Å². The summed E-state index contributed by atoms with van der Waals surface area (Å²) in [6.07, 6.45) is 4.60. The van der Waals surface area contributed by atoms with Crippen LogP contribution in [0.4, 0.5) is 4.79 Å². The Bertz CT molecular complexity index is 525. The first-order valence-electron chi connectivity index (χ1n) is 10.0. The second-order valence-corrected chi connectivity index (χ2v) is 8.93. The van der Waals surface area contributed by atoms with Crippen molar-refractivity contribution in [3.63, 3.8) is 0 Å². The second-order valence-electron chi connectivity index (χ2n) is 8.93. The van der Waals surface area contributed by atoms with Gasteiger partial charge in [0.1, 0.15) is 5.60 Å². The van der Waals surface area contributed by atoms with Crippen LogP contribution < -0.4 is 5.73 Å². The average Bonchev–Trinajstić information content (AvgIpc) is 2.96. The molecule has 0 aliphatic carbocycles. The van der Waals surface area contributed by atoms with Gasteiger partial charge in [-0.15, -0.1) is 0 Å². The molecular weight excluding hydrogens is 332 g/mol. The number of nitrogens with zero attached hydrogens (tertiary/aromatic N) is 3. The maximum Gasteiger partial charge on any atom is 0.410 e. The van der Waals surface area contributed by atoms with Crippen LogP contribution in [0.5, 0.6) is 0 Å². The molecule has 0 unspecified atom stereocenters. The lowest BCUT2D eigenvalue weighted by molar-refractivity contribution is -0.137. The number of likely N-dealkylation sites (tertiary alicyclic amines) is 3. The Balaban J connectivity index is 1.51. The van der Waals surface area contributed by atoms with Crippen LogP contribution in [0.1, 0.15) is 52.9 Å². The number of ether oxygens (including phenoxy) is 1. The van der Waals surface area contributed by atoms with Crippen LogP contribution in [-0.2, 0) is 9.53 Å². The molecule has 2 amide bonds.